The normalized spacial score (nSPS) is 17.4. The summed E-state index contributed by atoms with van der Waals surface area (Å²) in [5.41, 5.74) is 2.98. The average Bonchev–Trinajstić information content (AvgIpc) is 3.53. The number of methoxy groups -OCH3 is 1. The van der Waals surface area contributed by atoms with Crippen LogP contribution in [0.3, 0.4) is 0 Å². The Balaban J connectivity index is 1.50. The van der Waals surface area contributed by atoms with Crippen molar-refractivity contribution < 1.29 is 27.8 Å². The van der Waals surface area contributed by atoms with Gasteiger partial charge in [-0.25, -0.2) is 4.98 Å². The molecule has 1 aliphatic carbocycles. The minimum absolute atomic E-state index is 0.0546. The van der Waals surface area contributed by atoms with Crippen molar-refractivity contribution in [3.05, 3.63) is 47.8 Å². The van der Waals surface area contributed by atoms with Crippen LogP contribution in [-0.4, -0.2) is 60.2 Å². The van der Waals surface area contributed by atoms with Crippen molar-refractivity contribution >= 4 is 11.6 Å². The molecule has 3 heterocycles. The van der Waals surface area contributed by atoms with Crippen LogP contribution >= 0.6 is 0 Å². The zero-order valence-corrected chi connectivity index (χ0v) is 18.5. The van der Waals surface area contributed by atoms with Gasteiger partial charge in [0.25, 0.3) is 0 Å². The highest BCUT2D eigenvalue weighted by molar-refractivity contribution is 5.91. The number of pyridine rings is 1. The molecule has 33 heavy (non-hydrogen) atoms. The highest BCUT2D eigenvalue weighted by Crippen LogP contribution is 2.50. The summed E-state index contributed by atoms with van der Waals surface area (Å²) in [6.07, 6.45) is 5.19. The van der Waals surface area contributed by atoms with Crippen LogP contribution < -0.4 is 9.47 Å². The van der Waals surface area contributed by atoms with Crippen LogP contribution in [0.5, 0.6) is 11.5 Å². The maximum absolute atomic E-state index is 13.2. The van der Waals surface area contributed by atoms with E-state index in [0.717, 1.165) is 18.4 Å². The monoisotopic (exact) mass is 457 g/mol. The standard InChI is InChI=1S/C24H25F2N3O4/c1-15-19(31-2)11-16(12-20(15)33-23(25)26)18-14-27-21-13-17(3-6-29(18)21)24(4-5-24)22(30)28-7-9-32-10-8-28/h3,6,11-14,23H,4-5,7-10H2,1-2H3. The van der Waals surface area contributed by atoms with Gasteiger partial charge in [0, 0.05) is 30.4 Å². The summed E-state index contributed by atoms with van der Waals surface area (Å²) in [5.74, 6) is 0.653. The van der Waals surface area contributed by atoms with Crippen molar-refractivity contribution in [3.8, 4) is 22.8 Å². The third kappa shape index (κ3) is 3.80. The molecule has 2 aromatic heterocycles. The van der Waals surface area contributed by atoms with E-state index in [1.165, 1.54) is 7.11 Å². The number of rotatable bonds is 6. The van der Waals surface area contributed by atoms with Crippen molar-refractivity contribution in [1.29, 1.82) is 0 Å². The molecule has 0 atom stereocenters. The first-order valence-electron chi connectivity index (χ1n) is 10.9. The number of aromatic nitrogens is 2. The van der Waals surface area contributed by atoms with E-state index in [-0.39, 0.29) is 11.7 Å². The van der Waals surface area contributed by atoms with Crippen molar-refractivity contribution in [2.45, 2.75) is 31.8 Å². The molecule has 1 amide bonds. The van der Waals surface area contributed by atoms with Gasteiger partial charge in [-0.15, -0.1) is 0 Å². The number of hydrogen-bond donors (Lipinski definition) is 0. The lowest BCUT2D eigenvalue weighted by Gasteiger charge is -2.30. The lowest BCUT2D eigenvalue weighted by atomic mass is 9.95. The highest BCUT2D eigenvalue weighted by Gasteiger charge is 2.53. The molecule has 3 aromatic rings. The predicted octanol–water partition coefficient (Wildman–Crippen LogP) is 3.81. The zero-order chi connectivity index (χ0) is 23.2. The van der Waals surface area contributed by atoms with Crippen LogP contribution in [0.1, 0.15) is 24.0 Å². The largest absolute Gasteiger partial charge is 0.496 e. The Hall–Kier alpha value is -3.20. The summed E-state index contributed by atoms with van der Waals surface area (Å²) in [4.78, 5) is 19.6. The van der Waals surface area contributed by atoms with Gasteiger partial charge in [-0.05, 0) is 49.6 Å². The van der Waals surface area contributed by atoms with E-state index in [2.05, 4.69) is 4.98 Å². The van der Waals surface area contributed by atoms with Gasteiger partial charge in [-0.2, -0.15) is 8.78 Å². The van der Waals surface area contributed by atoms with Crippen LogP contribution in [-0.2, 0) is 14.9 Å². The fourth-order valence-corrected chi connectivity index (χ4v) is 4.55. The second kappa shape index (κ2) is 8.30. The molecule has 0 spiro atoms. The van der Waals surface area contributed by atoms with Crippen molar-refractivity contribution in [2.75, 3.05) is 33.4 Å². The predicted molar refractivity (Wildman–Crippen MR) is 117 cm³/mol. The quantitative estimate of drug-likeness (QED) is 0.563. The van der Waals surface area contributed by atoms with Crippen LogP contribution in [0, 0.1) is 6.92 Å². The third-order valence-electron chi connectivity index (χ3n) is 6.57. The number of amides is 1. The Morgan fingerprint density at radius 3 is 2.58 bits per heavy atom. The molecule has 0 unspecified atom stereocenters. The minimum Gasteiger partial charge on any atom is -0.496 e. The second-order valence-electron chi connectivity index (χ2n) is 8.45. The summed E-state index contributed by atoms with van der Waals surface area (Å²) in [6, 6.07) is 7.23. The number of benzene rings is 1. The highest BCUT2D eigenvalue weighted by atomic mass is 19.3. The summed E-state index contributed by atoms with van der Waals surface area (Å²) >= 11 is 0. The molecule has 2 aliphatic rings. The lowest BCUT2D eigenvalue weighted by Crippen LogP contribution is -2.45. The van der Waals surface area contributed by atoms with E-state index in [0.29, 0.717) is 54.5 Å². The van der Waals surface area contributed by atoms with Gasteiger partial charge >= 0.3 is 6.61 Å². The third-order valence-corrected chi connectivity index (χ3v) is 6.57. The Morgan fingerprint density at radius 2 is 1.91 bits per heavy atom. The molecule has 174 valence electrons. The van der Waals surface area contributed by atoms with Gasteiger partial charge in [0.15, 0.2) is 0 Å². The number of nitrogens with zero attached hydrogens (tertiary/aromatic N) is 3. The Bertz CT molecular complexity index is 1200. The average molecular weight is 457 g/mol. The van der Waals surface area contributed by atoms with Crippen LogP contribution in [0.2, 0.25) is 0 Å². The SMILES string of the molecule is COc1cc(-c2cnc3cc(C4(C(=O)N5CCOCC5)CC4)ccn23)cc(OC(F)F)c1C. The maximum atomic E-state index is 13.2. The number of morpholine rings is 1. The van der Waals surface area contributed by atoms with E-state index in [1.807, 2.05) is 27.6 Å². The van der Waals surface area contributed by atoms with E-state index < -0.39 is 12.0 Å². The summed E-state index contributed by atoms with van der Waals surface area (Å²) in [6.45, 7) is 1.11. The molecule has 0 bridgehead atoms. The van der Waals surface area contributed by atoms with Gasteiger partial charge in [0.1, 0.15) is 17.1 Å². The molecule has 5 rings (SSSR count). The molecule has 1 saturated carbocycles. The van der Waals surface area contributed by atoms with Crippen LogP contribution in [0.15, 0.2) is 36.7 Å². The minimum atomic E-state index is -2.94. The Kier molecular flexibility index (Phi) is 5.44. The molecule has 9 heteroatoms. The topological polar surface area (TPSA) is 65.3 Å². The van der Waals surface area contributed by atoms with E-state index in [1.54, 1.807) is 25.3 Å². The van der Waals surface area contributed by atoms with E-state index >= 15 is 0 Å². The van der Waals surface area contributed by atoms with Gasteiger partial charge in [-0.3, -0.25) is 9.20 Å². The van der Waals surface area contributed by atoms with Crippen molar-refractivity contribution in [3.63, 3.8) is 0 Å². The van der Waals surface area contributed by atoms with Gasteiger partial charge in [0.2, 0.25) is 5.91 Å². The number of fused-ring (bicyclic) bond motifs is 1. The van der Waals surface area contributed by atoms with Gasteiger partial charge in [-0.1, -0.05) is 0 Å². The zero-order valence-electron chi connectivity index (χ0n) is 18.5. The molecular weight excluding hydrogens is 432 g/mol. The Morgan fingerprint density at radius 1 is 1.18 bits per heavy atom. The molecule has 1 aliphatic heterocycles. The summed E-state index contributed by atoms with van der Waals surface area (Å²) < 4.78 is 43.1. The van der Waals surface area contributed by atoms with E-state index in [9.17, 15) is 13.6 Å². The molecular formula is C24H25F2N3O4. The lowest BCUT2D eigenvalue weighted by molar-refractivity contribution is -0.138. The fraction of sp³-hybridized carbons (Fsp3) is 0.417. The molecule has 7 nitrogen and oxygen atoms in total. The first kappa shape index (κ1) is 21.6. The number of alkyl halides is 2. The Labute approximate surface area is 189 Å². The smallest absolute Gasteiger partial charge is 0.387 e. The maximum Gasteiger partial charge on any atom is 0.387 e. The summed E-state index contributed by atoms with van der Waals surface area (Å²) in [5, 5.41) is 0. The number of ether oxygens (including phenoxy) is 3. The van der Waals surface area contributed by atoms with Crippen LogP contribution in [0.25, 0.3) is 16.9 Å². The number of carbonyl (C=O) groups is 1. The molecule has 0 N–H and O–H groups in total. The molecule has 2 fully saturated rings. The van der Waals surface area contributed by atoms with Crippen molar-refractivity contribution in [1.82, 2.24) is 14.3 Å². The number of imidazole rings is 1. The second-order valence-corrected chi connectivity index (χ2v) is 8.45. The molecule has 1 saturated heterocycles. The number of hydrogen-bond acceptors (Lipinski definition) is 5. The van der Waals surface area contributed by atoms with E-state index in [4.69, 9.17) is 14.2 Å². The first-order chi connectivity index (χ1) is 15.9. The van der Waals surface area contributed by atoms with Gasteiger partial charge < -0.3 is 19.1 Å². The number of halogens is 2. The fourth-order valence-electron chi connectivity index (χ4n) is 4.55. The molecule has 1 aromatic carbocycles. The first-order valence-corrected chi connectivity index (χ1v) is 10.9. The van der Waals surface area contributed by atoms with Crippen molar-refractivity contribution in [2.24, 2.45) is 0 Å². The van der Waals surface area contributed by atoms with Gasteiger partial charge in [0.05, 0.1) is 37.6 Å². The molecule has 0 radical (unpaired) electrons. The number of carbonyl (C=O) groups excluding carboxylic acids is 1. The summed E-state index contributed by atoms with van der Waals surface area (Å²) in [7, 11) is 1.49. The van der Waals surface area contributed by atoms with Crippen LogP contribution in [0.4, 0.5) is 8.78 Å².